The Morgan fingerprint density at radius 1 is 1.18 bits per heavy atom. The van der Waals surface area contributed by atoms with Crippen molar-refractivity contribution >= 4 is 45.3 Å². The highest BCUT2D eigenvalue weighted by Crippen LogP contribution is 2.44. The molecule has 0 spiro atoms. The minimum atomic E-state index is -4.83. The number of pyridine rings is 1. The quantitative estimate of drug-likeness (QED) is 0.341. The van der Waals surface area contributed by atoms with E-state index in [0.717, 1.165) is 18.9 Å². The van der Waals surface area contributed by atoms with E-state index in [4.69, 9.17) is 22.1 Å². The fourth-order valence-electron chi connectivity index (χ4n) is 5.65. The summed E-state index contributed by atoms with van der Waals surface area (Å²) in [5.74, 6) is 0.172. The van der Waals surface area contributed by atoms with Crippen molar-refractivity contribution in [2.24, 2.45) is 5.92 Å². The Kier molecular flexibility index (Phi) is 6.68. The minimum Gasteiger partial charge on any atom is -0.616 e. The molecular formula is C25H25ClF4N6O2S. The number of nitrogen functional groups attached to an aromatic ring is 1. The zero-order valence-corrected chi connectivity index (χ0v) is 22.4. The summed E-state index contributed by atoms with van der Waals surface area (Å²) in [6.07, 6.45) is -2.85. The van der Waals surface area contributed by atoms with Gasteiger partial charge in [0.15, 0.2) is 5.82 Å². The lowest BCUT2D eigenvalue weighted by Gasteiger charge is -2.34. The van der Waals surface area contributed by atoms with Gasteiger partial charge in [0.25, 0.3) is 0 Å². The molecular weight excluding hydrogens is 560 g/mol. The second kappa shape index (κ2) is 9.79. The van der Waals surface area contributed by atoms with Crippen LogP contribution in [0.4, 0.5) is 29.2 Å². The number of anilines is 2. The lowest BCUT2D eigenvalue weighted by Crippen LogP contribution is -2.51. The number of fused-ring (bicyclic) bond motifs is 3. The molecule has 0 amide bonds. The Bertz CT molecular complexity index is 1440. The zero-order valence-electron chi connectivity index (χ0n) is 20.8. The topological polar surface area (TPSA) is 112 Å². The van der Waals surface area contributed by atoms with Crippen molar-refractivity contribution in [3.8, 4) is 17.3 Å². The van der Waals surface area contributed by atoms with Gasteiger partial charge in [-0.25, -0.2) is 9.37 Å². The summed E-state index contributed by atoms with van der Waals surface area (Å²) in [4.78, 5) is 14.7. The average Bonchev–Trinajstić information content (AvgIpc) is 3.17. The van der Waals surface area contributed by atoms with Gasteiger partial charge in [0.05, 0.1) is 27.8 Å². The second-order valence-corrected chi connectivity index (χ2v) is 12.3. The molecule has 8 nitrogen and oxygen atoms in total. The first-order valence-corrected chi connectivity index (χ1v) is 14.4. The first-order valence-electron chi connectivity index (χ1n) is 12.5. The molecule has 2 aromatic heterocycles. The normalized spacial score (nSPS) is 24.7. The van der Waals surface area contributed by atoms with Gasteiger partial charge in [0.2, 0.25) is 0 Å². The van der Waals surface area contributed by atoms with Crippen LogP contribution >= 0.6 is 11.6 Å². The first kappa shape index (κ1) is 26.6. The Morgan fingerprint density at radius 3 is 2.51 bits per heavy atom. The highest BCUT2D eigenvalue weighted by atomic mass is 35.5. The number of aromatic nitrogens is 3. The summed E-state index contributed by atoms with van der Waals surface area (Å²) in [7, 11) is 0. The van der Waals surface area contributed by atoms with Crippen LogP contribution in [-0.4, -0.2) is 62.8 Å². The summed E-state index contributed by atoms with van der Waals surface area (Å²) in [5.41, 5.74) is 2.96. The molecule has 208 valence electrons. The molecule has 1 aromatic carbocycles. The van der Waals surface area contributed by atoms with E-state index in [1.165, 1.54) is 13.0 Å². The maximum Gasteiger partial charge on any atom is 0.418 e. The summed E-state index contributed by atoms with van der Waals surface area (Å²) in [6.45, 7) is 2.65. The molecule has 14 heteroatoms. The molecule has 3 fully saturated rings. The van der Waals surface area contributed by atoms with Crippen molar-refractivity contribution in [3.63, 3.8) is 0 Å². The smallest absolute Gasteiger partial charge is 0.418 e. The predicted octanol–water partition coefficient (Wildman–Crippen LogP) is 4.09. The van der Waals surface area contributed by atoms with Gasteiger partial charge in [-0.3, -0.25) is 0 Å². The average molecular weight is 585 g/mol. The number of nitrogens with two attached hydrogens (primary N) is 1. The fourth-order valence-corrected chi connectivity index (χ4v) is 7.08. The molecule has 2 atom stereocenters. The van der Waals surface area contributed by atoms with E-state index in [9.17, 15) is 17.7 Å². The number of aryl methyl sites for hydroxylation is 1. The molecule has 3 aliphatic rings. The van der Waals surface area contributed by atoms with Gasteiger partial charge in [0.1, 0.15) is 35.3 Å². The van der Waals surface area contributed by atoms with Crippen LogP contribution in [0.15, 0.2) is 12.1 Å². The summed E-state index contributed by atoms with van der Waals surface area (Å²) < 4.78 is 75.8. The molecule has 39 heavy (non-hydrogen) atoms. The van der Waals surface area contributed by atoms with Crippen LogP contribution < -0.4 is 20.7 Å². The lowest BCUT2D eigenvalue weighted by molar-refractivity contribution is -0.137. The Hall–Kier alpha value is -2.61. The Labute approximate surface area is 229 Å². The molecule has 5 heterocycles. The minimum absolute atomic E-state index is 0.0584. The van der Waals surface area contributed by atoms with Gasteiger partial charge in [-0.1, -0.05) is 22.8 Å². The van der Waals surface area contributed by atoms with E-state index < -0.39 is 40.0 Å². The van der Waals surface area contributed by atoms with Crippen LogP contribution in [0.25, 0.3) is 22.2 Å². The molecule has 0 radical (unpaired) electrons. The van der Waals surface area contributed by atoms with Gasteiger partial charge in [0, 0.05) is 30.6 Å². The van der Waals surface area contributed by atoms with E-state index in [2.05, 4.69) is 20.3 Å². The molecule has 0 aliphatic carbocycles. The molecule has 3 aromatic rings. The van der Waals surface area contributed by atoms with Crippen molar-refractivity contribution in [3.05, 3.63) is 34.1 Å². The maximum atomic E-state index is 16.3. The third-order valence-electron chi connectivity index (χ3n) is 7.41. The number of halogens is 5. The highest BCUT2D eigenvalue weighted by Gasteiger charge is 2.39. The van der Waals surface area contributed by atoms with Crippen LogP contribution in [0.5, 0.6) is 6.01 Å². The third-order valence-corrected chi connectivity index (χ3v) is 9.39. The number of nitrogens with one attached hydrogen (secondary N) is 1. The number of alkyl halides is 3. The number of hydrogen-bond donors (Lipinski definition) is 2. The van der Waals surface area contributed by atoms with Crippen molar-refractivity contribution in [2.75, 3.05) is 41.8 Å². The standard InChI is InChI=1S/C25H25ClF4N6O2S/c1-11-4-17(31)33-22(19(11)25(28,29)30)18-16(26)5-15-21(20(18)27)34-24(38-8-12-9-39(37)10-12)35-23(15)36-6-13-2-3-14(7-36)32-13/h4-5,12-14,32H,2-3,6-10H2,1H3,(H2,31,33). The predicted molar refractivity (Wildman–Crippen MR) is 141 cm³/mol. The van der Waals surface area contributed by atoms with Crippen molar-refractivity contribution < 1.29 is 26.9 Å². The van der Waals surface area contributed by atoms with E-state index >= 15 is 4.39 Å². The van der Waals surface area contributed by atoms with E-state index in [1.54, 1.807) is 0 Å². The Morgan fingerprint density at radius 2 is 1.87 bits per heavy atom. The number of piperazine rings is 1. The summed E-state index contributed by atoms with van der Waals surface area (Å²) in [5, 5.41) is 3.52. The van der Waals surface area contributed by atoms with Gasteiger partial charge >= 0.3 is 12.2 Å². The number of hydrogen-bond acceptors (Lipinski definition) is 8. The summed E-state index contributed by atoms with van der Waals surface area (Å²) >= 11 is 5.62. The lowest BCUT2D eigenvalue weighted by atomic mass is 9.99. The fraction of sp³-hybridized carbons (Fsp3) is 0.480. The molecule has 2 bridgehead atoms. The van der Waals surface area contributed by atoms with E-state index in [0.29, 0.717) is 30.4 Å². The zero-order chi connectivity index (χ0) is 27.6. The number of benzene rings is 1. The third kappa shape index (κ3) is 4.94. The second-order valence-electron chi connectivity index (χ2n) is 10.4. The van der Waals surface area contributed by atoms with Crippen molar-refractivity contribution in [1.29, 1.82) is 0 Å². The monoisotopic (exact) mass is 584 g/mol. The van der Waals surface area contributed by atoms with Crippen LogP contribution in [0.1, 0.15) is 24.0 Å². The number of nitrogens with zero attached hydrogens (tertiary/aromatic N) is 4. The first-order chi connectivity index (χ1) is 18.5. The molecule has 6 rings (SSSR count). The van der Waals surface area contributed by atoms with Crippen molar-refractivity contribution in [2.45, 2.75) is 38.0 Å². The van der Waals surface area contributed by atoms with Crippen LogP contribution in [0, 0.1) is 18.7 Å². The van der Waals surface area contributed by atoms with Crippen molar-refractivity contribution in [1.82, 2.24) is 20.3 Å². The van der Waals surface area contributed by atoms with Gasteiger partial charge < -0.3 is 25.2 Å². The maximum absolute atomic E-state index is 16.3. The van der Waals surface area contributed by atoms with Gasteiger partial charge in [-0.05, 0) is 37.5 Å². The highest BCUT2D eigenvalue weighted by molar-refractivity contribution is 7.92. The SMILES string of the molecule is Cc1cc(N)nc(-c2c(Cl)cc3c(N4CC5CCC(C4)N5)nc(OCC4C[S+]([O-])C4)nc3c2F)c1C(F)(F)F. The van der Waals surface area contributed by atoms with E-state index in [-0.39, 0.29) is 57.9 Å². The molecule has 3 aliphatic heterocycles. The Balaban J connectivity index is 1.52. The molecule has 3 saturated heterocycles. The molecule has 3 N–H and O–H groups in total. The number of ether oxygens (including phenoxy) is 1. The number of rotatable bonds is 5. The van der Waals surface area contributed by atoms with Crippen LogP contribution in [0.3, 0.4) is 0 Å². The largest absolute Gasteiger partial charge is 0.616 e. The summed E-state index contributed by atoms with van der Waals surface area (Å²) in [6, 6.07) is 2.82. The van der Waals surface area contributed by atoms with E-state index in [1.807, 2.05) is 4.90 Å². The van der Waals surface area contributed by atoms with Gasteiger partial charge in [-0.2, -0.15) is 23.1 Å². The molecule has 2 unspecified atom stereocenters. The van der Waals surface area contributed by atoms with Crippen LogP contribution in [0.2, 0.25) is 5.02 Å². The van der Waals surface area contributed by atoms with Gasteiger partial charge in [-0.15, -0.1) is 0 Å². The van der Waals surface area contributed by atoms with Crippen LogP contribution in [-0.2, 0) is 17.4 Å². The molecule has 0 saturated carbocycles.